The molecule has 0 saturated heterocycles. The molecule has 0 aromatic carbocycles. The molecule has 0 aliphatic rings. The Morgan fingerprint density at radius 3 is 2.89 bits per heavy atom. The van der Waals surface area contributed by atoms with Crippen LogP contribution in [0.3, 0.4) is 0 Å². The van der Waals surface area contributed by atoms with Crippen LogP contribution in [0.2, 0.25) is 0 Å². The predicted molar refractivity (Wildman–Crippen MR) is 94.6 cm³/mol. The molecule has 4 heterocycles. The maximum absolute atomic E-state index is 12.6. The molecule has 0 fully saturated rings. The van der Waals surface area contributed by atoms with Crippen molar-refractivity contribution in [2.45, 2.75) is 6.54 Å². The number of aromatic nitrogens is 6. The molecule has 4 rings (SSSR count). The zero-order chi connectivity index (χ0) is 18.6. The third-order valence-corrected chi connectivity index (χ3v) is 3.73. The lowest BCUT2D eigenvalue weighted by atomic mass is 10.3. The maximum Gasteiger partial charge on any atom is 0.291 e. The molecular weight excluding hydrogens is 350 g/mol. The maximum atomic E-state index is 12.6. The Kier molecular flexibility index (Phi) is 4.45. The molecule has 0 aliphatic heterocycles. The zero-order valence-electron chi connectivity index (χ0n) is 14.0. The first-order valence-electron chi connectivity index (χ1n) is 8.10. The van der Waals surface area contributed by atoms with Gasteiger partial charge in [-0.3, -0.25) is 14.6 Å². The van der Waals surface area contributed by atoms with Gasteiger partial charge in [-0.1, -0.05) is 0 Å². The summed E-state index contributed by atoms with van der Waals surface area (Å²) in [7, 11) is 0. The molecule has 0 aliphatic carbocycles. The fraction of sp³-hybridized carbons (Fsp3) is 0.118. The van der Waals surface area contributed by atoms with E-state index in [1.807, 2.05) is 0 Å². The summed E-state index contributed by atoms with van der Waals surface area (Å²) in [6, 6.07) is 4.96. The van der Waals surface area contributed by atoms with Crippen molar-refractivity contribution in [2.75, 3.05) is 11.9 Å². The highest BCUT2D eigenvalue weighted by molar-refractivity contribution is 6.04. The van der Waals surface area contributed by atoms with Crippen molar-refractivity contribution < 1.29 is 14.3 Å². The highest BCUT2D eigenvalue weighted by atomic mass is 16.4. The lowest BCUT2D eigenvalue weighted by molar-refractivity contribution is 0.0997. The second-order valence-corrected chi connectivity index (χ2v) is 5.56. The lowest BCUT2D eigenvalue weighted by Crippen LogP contribution is -2.11. The number of aliphatic hydroxyl groups excluding tert-OH is 1. The minimum atomic E-state index is -0.439. The molecule has 10 heteroatoms. The molecule has 27 heavy (non-hydrogen) atoms. The van der Waals surface area contributed by atoms with Gasteiger partial charge < -0.3 is 14.8 Å². The highest BCUT2D eigenvalue weighted by Crippen LogP contribution is 2.25. The first-order valence-corrected chi connectivity index (χ1v) is 8.10. The van der Waals surface area contributed by atoms with Crippen molar-refractivity contribution in [3.05, 3.63) is 54.9 Å². The molecule has 136 valence electrons. The summed E-state index contributed by atoms with van der Waals surface area (Å²) >= 11 is 0. The van der Waals surface area contributed by atoms with E-state index in [0.29, 0.717) is 23.0 Å². The van der Waals surface area contributed by atoms with Crippen LogP contribution in [0.25, 0.3) is 22.8 Å². The van der Waals surface area contributed by atoms with E-state index >= 15 is 0 Å². The minimum Gasteiger partial charge on any atom is -0.451 e. The zero-order valence-corrected chi connectivity index (χ0v) is 14.0. The van der Waals surface area contributed by atoms with Crippen molar-refractivity contribution in [3.8, 4) is 22.8 Å². The third-order valence-electron chi connectivity index (χ3n) is 3.73. The van der Waals surface area contributed by atoms with Crippen LogP contribution >= 0.6 is 0 Å². The molecule has 4 aromatic heterocycles. The second kappa shape index (κ2) is 7.22. The standard InChI is InChI=1S/C17H15N7O3/c25-7-6-24-10-12(15(23-24)16-18-4-1-5-19-16)22-17(26)14-3-2-13(27-14)11-8-20-21-9-11/h1-5,8-10,25H,6-7H2,(H,20,21)(H,22,26). The van der Waals surface area contributed by atoms with Gasteiger partial charge >= 0.3 is 0 Å². The van der Waals surface area contributed by atoms with E-state index in [1.54, 1.807) is 49.2 Å². The van der Waals surface area contributed by atoms with E-state index in [0.717, 1.165) is 5.56 Å². The molecule has 1 amide bonds. The van der Waals surface area contributed by atoms with Gasteiger partial charge in [0.25, 0.3) is 5.91 Å². The van der Waals surface area contributed by atoms with Crippen LogP contribution < -0.4 is 5.32 Å². The number of carbonyl (C=O) groups is 1. The summed E-state index contributed by atoms with van der Waals surface area (Å²) in [4.78, 5) is 20.9. The SMILES string of the molecule is O=C(Nc1cn(CCO)nc1-c1ncccn1)c1ccc(-c2cn[nH]c2)o1. The number of furan rings is 1. The number of H-pyrrole nitrogens is 1. The average molecular weight is 365 g/mol. The molecule has 0 radical (unpaired) electrons. The van der Waals surface area contributed by atoms with Gasteiger partial charge in [0, 0.05) is 24.8 Å². The molecule has 4 aromatic rings. The van der Waals surface area contributed by atoms with Crippen LogP contribution in [0.5, 0.6) is 0 Å². The number of aliphatic hydroxyl groups is 1. The van der Waals surface area contributed by atoms with Crippen molar-refractivity contribution in [2.24, 2.45) is 0 Å². The summed E-state index contributed by atoms with van der Waals surface area (Å²) in [6.07, 6.45) is 8.06. The molecule has 0 atom stereocenters. The molecule has 0 bridgehead atoms. The first-order chi connectivity index (χ1) is 13.2. The Morgan fingerprint density at radius 2 is 2.15 bits per heavy atom. The van der Waals surface area contributed by atoms with Crippen molar-refractivity contribution >= 4 is 11.6 Å². The van der Waals surface area contributed by atoms with E-state index < -0.39 is 5.91 Å². The van der Waals surface area contributed by atoms with Crippen molar-refractivity contribution in [3.63, 3.8) is 0 Å². The Labute approximate surface area is 152 Å². The fourth-order valence-corrected chi connectivity index (χ4v) is 2.50. The topological polar surface area (TPSA) is 135 Å². The monoisotopic (exact) mass is 365 g/mol. The third kappa shape index (κ3) is 3.46. The largest absolute Gasteiger partial charge is 0.451 e. The molecule has 0 spiro atoms. The van der Waals surface area contributed by atoms with Gasteiger partial charge in [0.1, 0.15) is 5.76 Å². The molecule has 0 unspecified atom stereocenters. The Morgan fingerprint density at radius 1 is 1.30 bits per heavy atom. The number of aromatic amines is 1. The van der Waals surface area contributed by atoms with Gasteiger partial charge in [0.2, 0.25) is 0 Å². The summed E-state index contributed by atoms with van der Waals surface area (Å²) in [6.45, 7) is 0.192. The lowest BCUT2D eigenvalue weighted by Gasteiger charge is -2.02. The Hall–Kier alpha value is -3.79. The quantitative estimate of drug-likeness (QED) is 0.472. The highest BCUT2D eigenvalue weighted by Gasteiger charge is 2.19. The van der Waals surface area contributed by atoms with Crippen LogP contribution in [0.4, 0.5) is 5.69 Å². The van der Waals surface area contributed by atoms with E-state index in [2.05, 4.69) is 30.6 Å². The molecule has 0 saturated carbocycles. The van der Waals surface area contributed by atoms with Gasteiger partial charge in [0.05, 0.1) is 30.6 Å². The minimum absolute atomic E-state index is 0.0869. The Bertz CT molecular complexity index is 1040. The van der Waals surface area contributed by atoms with Crippen LogP contribution in [0.1, 0.15) is 10.6 Å². The number of hydrogen-bond donors (Lipinski definition) is 3. The van der Waals surface area contributed by atoms with E-state index in [4.69, 9.17) is 9.52 Å². The van der Waals surface area contributed by atoms with Crippen LogP contribution in [0.15, 0.2) is 53.6 Å². The summed E-state index contributed by atoms with van der Waals surface area (Å²) in [5, 5.41) is 22.8. The normalized spacial score (nSPS) is 10.9. The van der Waals surface area contributed by atoms with Crippen LogP contribution in [-0.2, 0) is 6.54 Å². The number of hydrogen-bond acceptors (Lipinski definition) is 7. The first kappa shape index (κ1) is 16.7. The van der Waals surface area contributed by atoms with Crippen LogP contribution in [-0.4, -0.2) is 47.6 Å². The Balaban J connectivity index is 1.61. The van der Waals surface area contributed by atoms with E-state index in [1.165, 1.54) is 4.68 Å². The second-order valence-electron chi connectivity index (χ2n) is 5.56. The molecular formula is C17H15N7O3. The van der Waals surface area contributed by atoms with Gasteiger partial charge in [-0.2, -0.15) is 10.2 Å². The number of anilines is 1. The summed E-state index contributed by atoms with van der Waals surface area (Å²) < 4.78 is 7.11. The van der Waals surface area contributed by atoms with Gasteiger partial charge in [-0.25, -0.2) is 9.97 Å². The smallest absolute Gasteiger partial charge is 0.291 e. The number of nitrogens with zero attached hydrogens (tertiary/aromatic N) is 5. The van der Waals surface area contributed by atoms with E-state index in [9.17, 15) is 4.79 Å². The predicted octanol–water partition coefficient (Wildman–Crippen LogP) is 1.57. The fourth-order valence-electron chi connectivity index (χ4n) is 2.50. The number of nitrogens with one attached hydrogen (secondary N) is 2. The van der Waals surface area contributed by atoms with Crippen molar-refractivity contribution in [1.82, 2.24) is 29.9 Å². The van der Waals surface area contributed by atoms with Gasteiger partial charge in [-0.15, -0.1) is 0 Å². The van der Waals surface area contributed by atoms with E-state index in [-0.39, 0.29) is 18.9 Å². The average Bonchev–Trinajstić information content (AvgIpc) is 3.43. The number of carbonyl (C=O) groups excluding carboxylic acids is 1. The van der Waals surface area contributed by atoms with Crippen LogP contribution in [0, 0.1) is 0 Å². The summed E-state index contributed by atoms with van der Waals surface area (Å²) in [5.74, 6) is 0.589. The van der Waals surface area contributed by atoms with Crippen molar-refractivity contribution in [1.29, 1.82) is 0 Å². The van der Waals surface area contributed by atoms with Gasteiger partial charge in [0.15, 0.2) is 17.3 Å². The summed E-state index contributed by atoms with van der Waals surface area (Å²) in [5.41, 5.74) is 1.56. The molecule has 10 nitrogen and oxygen atoms in total. The number of rotatable bonds is 6. The number of amides is 1. The molecule has 3 N–H and O–H groups in total. The van der Waals surface area contributed by atoms with Gasteiger partial charge in [-0.05, 0) is 18.2 Å².